The van der Waals surface area contributed by atoms with Crippen LogP contribution in [0, 0.1) is 11.8 Å². The number of piperidine rings is 2. The molecule has 2 aliphatic carbocycles. The SMILES string of the molecule is CC12CCN(CC3CC3)[C@H](Cc3ccc(O)cc31)[C@H]2NCC1CCNCC1. The summed E-state index contributed by atoms with van der Waals surface area (Å²) in [6.07, 6.45) is 7.77. The fraction of sp³-hybridized carbons (Fsp3) is 0.739. The molecule has 2 saturated heterocycles. The van der Waals surface area contributed by atoms with Gasteiger partial charge in [-0.3, -0.25) is 4.90 Å². The monoisotopic (exact) mass is 369 g/mol. The average molecular weight is 370 g/mol. The minimum atomic E-state index is 0.129. The van der Waals surface area contributed by atoms with Crippen molar-refractivity contribution in [2.24, 2.45) is 11.8 Å². The van der Waals surface area contributed by atoms with Gasteiger partial charge in [-0.25, -0.2) is 0 Å². The molecule has 0 amide bonds. The highest BCUT2D eigenvalue weighted by atomic mass is 16.3. The van der Waals surface area contributed by atoms with Gasteiger partial charge in [0.25, 0.3) is 0 Å². The summed E-state index contributed by atoms with van der Waals surface area (Å²) in [5.41, 5.74) is 2.98. The van der Waals surface area contributed by atoms with E-state index in [9.17, 15) is 5.11 Å². The molecule has 2 bridgehead atoms. The zero-order valence-corrected chi connectivity index (χ0v) is 16.7. The van der Waals surface area contributed by atoms with Gasteiger partial charge in [0.2, 0.25) is 0 Å². The highest BCUT2D eigenvalue weighted by Crippen LogP contribution is 2.47. The largest absolute Gasteiger partial charge is 0.508 e. The molecule has 0 radical (unpaired) electrons. The maximum Gasteiger partial charge on any atom is 0.115 e. The van der Waals surface area contributed by atoms with Crippen LogP contribution >= 0.6 is 0 Å². The van der Waals surface area contributed by atoms with Crippen LogP contribution in [0.2, 0.25) is 0 Å². The third-order valence-corrected chi connectivity index (χ3v) is 7.87. The Morgan fingerprint density at radius 2 is 2.00 bits per heavy atom. The summed E-state index contributed by atoms with van der Waals surface area (Å²) in [6.45, 7) is 8.43. The Morgan fingerprint density at radius 3 is 2.78 bits per heavy atom. The summed E-state index contributed by atoms with van der Waals surface area (Å²) in [5, 5.41) is 17.7. The molecule has 2 aliphatic heterocycles. The maximum absolute atomic E-state index is 10.2. The van der Waals surface area contributed by atoms with Gasteiger partial charge in [-0.2, -0.15) is 0 Å². The molecule has 3 atom stereocenters. The maximum atomic E-state index is 10.2. The molecular weight excluding hydrogens is 334 g/mol. The first-order chi connectivity index (χ1) is 13.1. The molecule has 4 aliphatic rings. The van der Waals surface area contributed by atoms with E-state index in [1.807, 2.05) is 6.07 Å². The molecule has 27 heavy (non-hydrogen) atoms. The van der Waals surface area contributed by atoms with Crippen LogP contribution < -0.4 is 10.6 Å². The Kier molecular flexibility index (Phi) is 4.69. The smallest absolute Gasteiger partial charge is 0.115 e. The lowest BCUT2D eigenvalue weighted by Gasteiger charge is -2.56. The third-order valence-electron chi connectivity index (χ3n) is 7.87. The molecule has 0 spiro atoms. The normalized spacial score (nSPS) is 34.4. The lowest BCUT2D eigenvalue weighted by atomic mass is 9.61. The van der Waals surface area contributed by atoms with Gasteiger partial charge in [0, 0.05) is 24.0 Å². The minimum absolute atomic E-state index is 0.129. The van der Waals surface area contributed by atoms with E-state index >= 15 is 0 Å². The van der Waals surface area contributed by atoms with Gasteiger partial charge in [-0.05, 0) is 99.8 Å². The molecule has 3 N–H and O–H groups in total. The second-order valence-electron chi connectivity index (χ2n) is 9.80. The van der Waals surface area contributed by atoms with Crippen molar-refractivity contribution in [1.82, 2.24) is 15.5 Å². The summed E-state index contributed by atoms with van der Waals surface area (Å²) in [7, 11) is 0. The second kappa shape index (κ2) is 7.06. The topological polar surface area (TPSA) is 47.5 Å². The average Bonchev–Trinajstić information content (AvgIpc) is 3.49. The third kappa shape index (κ3) is 3.41. The van der Waals surface area contributed by atoms with Gasteiger partial charge in [0.15, 0.2) is 0 Å². The first-order valence-corrected chi connectivity index (χ1v) is 11.1. The molecule has 4 nitrogen and oxygen atoms in total. The summed E-state index contributed by atoms with van der Waals surface area (Å²) in [6, 6.07) is 7.21. The lowest BCUT2D eigenvalue weighted by molar-refractivity contribution is 0.0404. The fourth-order valence-electron chi connectivity index (χ4n) is 5.98. The quantitative estimate of drug-likeness (QED) is 0.747. The molecule has 1 saturated carbocycles. The summed E-state index contributed by atoms with van der Waals surface area (Å²) < 4.78 is 0. The molecule has 0 aromatic heterocycles. The van der Waals surface area contributed by atoms with E-state index in [1.165, 1.54) is 69.4 Å². The van der Waals surface area contributed by atoms with Crippen LogP contribution in [-0.4, -0.2) is 54.8 Å². The summed E-state index contributed by atoms with van der Waals surface area (Å²) in [4.78, 5) is 2.80. The van der Waals surface area contributed by atoms with Crippen molar-refractivity contribution in [3.05, 3.63) is 29.3 Å². The number of phenols is 1. The van der Waals surface area contributed by atoms with E-state index < -0.39 is 0 Å². The number of hydrogen-bond acceptors (Lipinski definition) is 4. The van der Waals surface area contributed by atoms with Gasteiger partial charge in [0.1, 0.15) is 5.75 Å². The van der Waals surface area contributed by atoms with E-state index in [1.54, 1.807) is 0 Å². The molecule has 2 heterocycles. The van der Waals surface area contributed by atoms with Crippen LogP contribution in [0.1, 0.15) is 50.2 Å². The number of hydrogen-bond donors (Lipinski definition) is 3. The number of nitrogens with one attached hydrogen (secondary N) is 2. The van der Waals surface area contributed by atoms with Crippen molar-refractivity contribution in [3.8, 4) is 5.75 Å². The zero-order chi connectivity index (χ0) is 18.4. The highest BCUT2D eigenvalue weighted by Gasteiger charge is 2.51. The Labute approximate surface area is 163 Å². The Morgan fingerprint density at radius 1 is 1.19 bits per heavy atom. The summed E-state index contributed by atoms with van der Waals surface area (Å²) >= 11 is 0. The number of benzene rings is 1. The molecule has 3 fully saturated rings. The Balaban J connectivity index is 1.42. The minimum Gasteiger partial charge on any atom is -0.508 e. The van der Waals surface area contributed by atoms with E-state index in [2.05, 4.69) is 34.6 Å². The standard InChI is InChI=1S/C23H35N3O/c1-23-8-11-26(15-17-2-3-17)21(12-18-4-5-19(27)13-20(18)23)22(23)25-14-16-6-9-24-10-7-16/h4-5,13,16-17,21-22,24-25,27H,2-3,6-12,14-15H2,1H3/t21-,22-,23?/m1/s1. The first kappa shape index (κ1) is 18.0. The summed E-state index contributed by atoms with van der Waals surface area (Å²) in [5.74, 6) is 2.17. The van der Waals surface area contributed by atoms with Crippen molar-refractivity contribution in [1.29, 1.82) is 0 Å². The number of aromatic hydroxyl groups is 1. The van der Waals surface area contributed by atoms with Crippen LogP contribution in [0.5, 0.6) is 5.75 Å². The van der Waals surface area contributed by atoms with Crippen molar-refractivity contribution < 1.29 is 5.11 Å². The van der Waals surface area contributed by atoms with Crippen molar-refractivity contribution in [2.45, 2.75) is 62.9 Å². The molecule has 1 aromatic rings. The first-order valence-electron chi connectivity index (χ1n) is 11.1. The Bertz CT molecular complexity index is 682. The van der Waals surface area contributed by atoms with Gasteiger partial charge in [0.05, 0.1) is 0 Å². The fourth-order valence-corrected chi connectivity index (χ4v) is 5.98. The van der Waals surface area contributed by atoms with Crippen molar-refractivity contribution in [3.63, 3.8) is 0 Å². The van der Waals surface area contributed by atoms with Crippen LogP contribution in [0.4, 0.5) is 0 Å². The molecule has 5 rings (SSSR count). The van der Waals surface area contributed by atoms with Crippen LogP contribution in [0.25, 0.3) is 0 Å². The lowest BCUT2D eigenvalue weighted by Crippen LogP contribution is -2.67. The van der Waals surface area contributed by atoms with E-state index in [-0.39, 0.29) is 5.41 Å². The highest BCUT2D eigenvalue weighted by molar-refractivity contribution is 5.45. The van der Waals surface area contributed by atoms with Crippen LogP contribution in [0.3, 0.4) is 0 Å². The van der Waals surface area contributed by atoms with Crippen molar-refractivity contribution in [2.75, 3.05) is 32.7 Å². The van der Waals surface area contributed by atoms with Crippen LogP contribution in [0.15, 0.2) is 18.2 Å². The molecule has 148 valence electrons. The van der Waals surface area contributed by atoms with Gasteiger partial charge in [-0.1, -0.05) is 13.0 Å². The predicted octanol–water partition coefficient (Wildman–Crippen LogP) is 2.65. The Hall–Kier alpha value is -1.10. The molecule has 1 unspecified atom stereocenters. The van der Waals surface area contributed by atoms with E-state index in [0.29, 0.717) is 17.8 Å². The van der Waals surface area contributed by atoms with E-state index in [0.717, 1.165) is 24.8 Å². The molecular formula is C23H35N3O. The van der Waals surface area contributed by atoms with Gasteiger partial charge >= 0.3 is 0 Å². The number of nitrogens with zero attached hydrogens (tertiary/aromatic N) is 1. The van der Waals surface area contributed by atoms with Crippen molar-refractivity contribution >= 4 is 0 Å². The number of fused-ring (bicyclic) bond motifs is 4. The number of phenolic OH excluding ortho intramolecular Hbond substituents is 1. The predicted molar refractivity (Wildman–Crippen MR) is 109 cm³/mol. The second-order valence-corrected chi connectivity index (χ2v) is 9.80. The van der Waals surface area contributed by atoms with E-state index in [4.69, 9.17) is 0 Å². The molecule has 1 aromatic carbocycles. The number of likely N-dealkylation sites (tertiary alicyclic amines) is 1. The van der Waals surface area contributed by atoms with Gasteiger partial charge < -0.3 is 15.7 Å². The van der Waals surface area contributed by atoms with Gasteiger partial charge in [-0.15, -0.1) is 0 Å². The zero-order valence-electron chi connectivity index (χ0n) is 16.7. The molecule has 4 heteroatoms. The number of rotatable bonds is 5. The van der Waals surface area contributed by atoms with Crippen LogP contribution in [-0.2, 0) is 11.8 Å².